The van der Waals surface area contributed by atoms with Gasteiger partial charge in [0, 0.05) is 12.8 Å². The molecule has 0 saturated carbocycles. The number of hydrogen-bond acceptors (Lipinski definition) is 5. The van der Waals surface area contributed by atoms with Gasteiger partial charge in [-0.3, -0.25) is 9.59 Å². The van der Waals surface area contributed by atoms with Gasteiger partial charge in [-0.25, -0.2) is 0 Å². The lowest BCUT2D eigenvalue weighted by molar-refractivity contribution is -0.143. The number of aliphatic hydroxyl groups is 2. The molecule has 0 bridgehead atoms. The zero-order chi connectivity index (χ0) is 45.1. The van der Waals surface area contributed by atoms with Gasteiger partial charge in [0.05, 0.1) is 25.4 Å². The second-order valence-electron chi connectivity index (χ2n) is 19.3. The van der Waals surface area contributed by atoms with E-state index in [1.807, 2.05) is 0 Å². The van der Waals surface area contributed by atoms with Crippen LogP contribution in [0.2, 0.25) is 0 Å². The second kappa shape index (κ2) is 52.2. The highest BCUT2D eigenvalue weighted by Crippen LogP contribution is 2.17. The van der Waals surface area contributed by atoms with Gasteiger partial charge in [-0.05, 0) is 51.4 Å². The van der Waals surface area contributed by atoms with E-state index < -0.39 is 12.1 Å². The topological polar surface area (TPSA) is 95.9 Å². The summed E-state index contributed by atoms with van der Waals surface area (Å²) < 4.78 is 5.48. The Morgan fingerprint density at radius 2 is 0.758 bits per heavy atom. The fraction of sp³-hybridized carbons (Fsp3) is 0.929. The summed E-state index contributed by atoms with van der Waals surface area (Å²) in [6, 6.07) is -0.541. The normalized spacial score (nSPS) is 12.6. The average Bonchev–Trinajstić information content (AvgIpc) is 3.27. The number of esters is 1. The molecule has 2 atom stereocenters. The SMILES string of the molecule is CCCCCCCCC/C=C\CCCCCCCC(=O)OCCCCCCCCCCCCCCCCCCCCCC(=O)NC(CO)C(O)CCCCCCCCCCCC. The molecule has 0 rings (SSSR count). The van der Waals surface area contributed by atoms with Crippen LogP contribution in [0.25, 0.3) is 0 Å². The maximum atomic E-state index is 12.4. The number of nitrogens with one attached hydrogen (secondary N) is 1. The van der Waals surface area contributed by atoms with Crippen molar-refractivity contribution in [1.29, 1.82) is 0 Å². The van der Waals surface area contributed by atoms with Gasteiger partial charge in [-0.15, -0.1) is 0 Å². The van der Waals surface area contributed by atoms with E-state index >= 15 is 0 Å². The third kappa shape index (κ3) is 48.1. The van der Waals surface area contributed by atoms with Crippen LogP contribution in [-0.4, -0.2) is 47.4 Å². The van der Waals surface area contributed by atoms with Crippen molar-refractivity contribution in [2.75, 3.05) is 13.2 Å². The van der Waals surface area contributed by atoms with E-state index in [9.17, 15) is 19.8 Å². The van der Waals surface area contributed by atoms with Gasteiger partial charge in [-0.1, -0.05) is 257 Å². The highest BCUT2D eigenvalue weighted by atomic mass is 16.5. The molecule has 0 saturated heterocycles. The van der Waals surface area contributed by atoms with Gasteiger partial charge in [-0.2, -0.15) is 0 Å². The average molecular weight is 876 g/mol. The monoisotopic (exact) mass is 876 g/mol. The largest absolute Gasteiger partial charge is 0.466 e. The van der Waals surface area contributed by atoms with Gasteiger partial charge in [0.2, 0.25) is 5.91 Å². The minimum atomic E-state index is -0.663. The first-order valence-corrected chi connectivity index (χ1v) is 27.9. The summed E-state index contributed by atoms with van der Waals surface area (Å²) in [5.74, 6) is -0.0369. The van der Waals surface area contributed by atoms with Gasteiger partial charge >= 0.3 is 5.97 Å². The molecule has 0 aromatic rings. The molecule has 0 spiro atoms. The first-order valence-electron chi connectivity index (χ1n) is 27.9. The molecule has 1 amide bonds. The van der Waals surface area contributed by atoms with Crippen molar-refractivity contribution in [2.24, 2.45) is 0 Å². The minimum absolute atomic E-state index is 0.00189. The molecule has 0 aromatic heterocycles. The molecule has 368 valence electrons. The molecule has 0 aliphatic heterocycles. The van der Waals surface area contributed by atoms with Gasteiger partial charge in [0.25, 0.3) is 0 Å². The Kier molecular flexibility index (Phi) is 51.0. The number of rotatable bonds is 52. The molecule has 0 aliphatic carbocycles. The molecule has 3 N–H and O–H groups in total. The number of aliphatic hydroxyl groups excluding tert-OH is 2. The van der Waals surface area contributed by atoms with Crippen molar-refractivity contribution >= 4 is 11.9 Å². The molecule has 6 heteroatoms. The van der Waals surface area contributed by atoms with Crippen LogP contribution in [0.5, 0.6) is 0 Å². The number of unbranched alkanes of at least 4 members (excludes halogenated alkanes) is 39. The van der Waals surface area contributed by atoms with E-state index in [1.54, 1.807) is 0 Å². The molecule has 6 nitrogen and oxygen atoms in total. The summed E-state index contributed by atoms with van der Waals surface area (Å²) in [7, 11) is 0. The Labute approximate surface area is 387 Å². The Hall–Kier alpha value is -1.40. The van der Waals surface area contributed by atoms with Crippen LogP contribution in [-0.2, 0) is 14.3 Å². The Morgan fingerprint density at radius 1 is 0.435 bits per heavy atom. The van der Waals surface area contributed by atoms with Gasteiger partial charge in [0.1, 0.15) is 0 Å². The summed E-state index contributed by atoms with van der Waals surface area (Å²) in [6.45, 7) is 4.94. The fourth-order valence-corrected chi connectivity index (χ4v) is 8.75. The maximum absolute atomic E-state index is 12.4. The van der Waals surface area contributed by atoms with E-state index in [1.165, 1.54) is 231 Å². The number of carbonyl (C=O) groups is 2. The van der Waals surface area contributed by atoms with E-state index in [0.29, 0.717) is 25.9 Å². The summed E-state index contributed by atoms with van der Waals surface area (Å²) in [5.41, 5.74) is 0. The van der Waals surface area contributed by atoms with E-state index in [0.717, 1.165) is 44.9 Å². The predicted octanol–water partition coefficient (Wildman–Crippen LogP) is 16.9. The lowest BCUT2D eigenvalue weighted by Gasteiger charge is -2.22. The molecular formula is C56H109NO5. The number of amides is 1. The Morgan fingerprint density at radius 3 is 1.15 bits per heavy atom. The van der Waals surface area contributed by atoms with Crippen molar-refractivity contribution < 1.29 is 24.5 Å². The van der Waals surface area contributed by atoms with Crippen molar-refractivity contribution in [2.45, 2.75) is 321 Å². The Balaban J connectivity index is 3.37. The smallest absolute Gasteiger partial charge is 0.305 e. The van der Waals surface area contributed by atoms with Gasteiger partial charge in [0.15, 0.2) is 0 Å². The Bertz CT molecular complexity index is 924. The summed E-state index contributed by atoms with van der Waals surface area (Å²) >= 11 is 0. The highest BCUT2D eigenvalue weighted by Gasteiger charge is 2.20. The van der Waals surface area contributed by atoms with Crippen molar-refractivity contribution in [3.8, 4) is 0 Å². The third-order valence-corrected chi connectivity index (χ3v) is 13.1. The molecule has 0 fully saturated rings. The van der Waals surface area contributed by atoms with Crippen LogP contribution in [0.15, 0.2) is 12.2 Å². The fourth-order valence-electron chi connectivity index (χ4n) is 8.75. The van der Waals surface area contributed by atoms with Crippen molar-refractivity contribution in [3.05, 3.63) is 12.2 Å². The maximum Gasteiger partial charge on any atom is 0.305 e. The van der Waals surface area contributed by atoms with Crippen LogP contribution in [0.1, 0.15) is 309 Å². The zero-order valence-corrected chi connectivity index (χ0v) is 41.9. The number of ether oxygens (including phenoxy) is 1. The van der Waals surface area contributed by atoms with Crippen LogP contribution >= 0.6 is 0 Å². The zero-order valence-electron chi connectivity index (χ0n) is 41.9. The molecule has 0 heterocycles. The number of allylic oxidation sites excluding steroid dienone is 2. The van der Waals surface area contributed by atoms with E-state index in [-0.39, 0.29) is 18.5 Å². The molecule has 62 heavy (non-hydrogen) atoms. The van der Waals surface area contributed by atoms with Crippen molar-refractivity contribution in [3.63, 3.8) is 0 Å². The molecule has 0 radical (unpaired) electrons. The van der Waals surface area contributed by atoms with Crippen molar-refractivity contribution in [1.82, 2.24) is 5.32 Å². The summed E-state index contributed by atoms with van der Waals surface area (Å²) in [4.78, 5) is 24.5. The molecular weight excluding hydrogens is 767 g/mol. The van der Waals surface area contributed by atoms with Crippen LogP contribution < -0.4 is 5.32 Å². The van der Waals surface area contributed by atoms with Crippen LogP contribution in [0, 0.1) is 0 Å². The molecule has 0 aromatic carbocycles. The van der Waals surface area contributed by atoms with Crippen LogP contribution in [0.4, 0.5) is 0 Å². The third-order valence-electron chi connectivity index (χ3n) is 13.1. The van der Waals surface area contributed by atoms with Gasteiger partial charge < -0.3 is 20.3 Å². The van der Waals surface area contributed by atoms with E-state index in [4.69, 9.17) is 4.74 Å². The number of carbonyl (C=O) groups excluding carboxylic acids is 2. The second-order valence-corrected chi connectivity index (χ2v) is 19.3. The quantitative estimate of drug-likeness (QED) is 0.0321. The standard InChI is InChI=1S/C56H109NO5/c1-3-5-7-9-11-13-15-16-17-24-27-30-34-38-42-46-50-56(61)62-51-47-43-39-35-31-28-25-22-20-18-19-21-23-26-29-33-37-41-45-49-55(60)57-53(52-58)54(59)48-44-40-36-32-14-12-10-8-6-4-2/h17,24,53-54,58-59H,3-16,18-23,25-52H2,1-2H3,(H,57,60)/b24-17-. The minimum Gasteiger partial charge on any atom is -0.466 e. The predicted molar refractivity (Wildman–Crippen MR) is 269 cm³/mol. The summed E-state index contributed by atoms with van der Waals surface area (Å²) in [5, 5.41) is 23.1. The summed E-state index contributed by atoms with van der Waals surface area (Å²) in [6.07, 6.45) is 60.6. The molecule has 2 unspecified atom stereocenters. The highest BCUT2D eigenvalue weighted by molar-refractivity contribution is 5.76. The number of hydrogen-bond donors (Lipinski definition) is 3. The lowest BCUT2D eigenvalue weighted by atomic mass is 10.0. The first kappa shape index (κ1) is 60.6. The van der Waals surface area contributed by atoms with E-state index in [2.05, 4.69) is 31.3 Å². The lowest BCUT2D eigenvalue weighted by Crippen LogP contribution is -2.45. The first-order chi connectivity index (χ1) is 30.5. The molecule has 0 aliphatic rings. The van der Waals surface area contributed by atoms with Crippen LogP contribution in [0.3, 0.4) is 0 Å².